The van der Waals surface area contributed by atoms with Gasteiger partial charge in [-0.05, 0) is 42.8 Å². The standard InChI is InChI=1S/C16H14N2O3/c1-11-2-7-15-17-13(9-18(15)8-11)10-21-16(20)12-3-5-14(19)6-4-12/h2-9,19H,10H2,1H3. The summed E-state index contributed by atoms with van der Waals surface area (Å²) in [4.78, 5) is 16.2. The lowest BCUT2D eigenvalue weighted by molar-refractivity contribution is 0.0468. The number of imidazole rings is 1. The first kappa shape index (κ1) is 13.2. The zero-order valence-corrected chi connectivity index (χ0v) is 11.5. The normalized spacial score (nSPS) is 10.7. The number of aromatic hydroxyl groups is 1. The SMILES string of the molecule is Cc1ccc2nc(COC(=O)c3ccc(O)cc3)cn2c1. The number of ether oxygens (including phenoxy) is 1. The Balaban J connectivity index is 1.71. The fraction of sp³-hybridized carbons (Fsp3) is 0.125. The summed E-state index contributed by atoms with van der Waals surface area (Å²) in [5.74, 6) is -0.328. The van der Waals surface area contributed by atoms with E-state index in [2.05, 4.69) is 4.98 Å². The Morgan fingerprint density at radius 3 is 2.71 bits per heavy atom. The predicted molar refractivity (Wildman–Crippen MR) is 77.2 cm³/mol. The van der Waals surface area contributed by atoms with E-state index >= 15 is 0 Å². The quantitative estimate of drug-likeness (QED) is 0.750. The third kappa shape index (κ3) is 2.86. The molecule has 2 heterocycles. The maximum absolute atomic E-state index is 11.9. The van der Waals surface area contributed by atoms with Crippen LogP contribution >= 0.6 is 0 Å². The van der Waals surface area contributed by atoms with Crippen LogP contribution in [0.4, 0.5) is 0 Å². The van der Waals surface area contributed by atoms with E-state index in [-0.39, 0.29) is 12.4 Å². The zero-order chi connectivity index (χ0) is 14.8. The van der Waals surface area contributed by atoms with E-state index in [1.54, 1.807) is 0 Å². The average molecular weight is 282 g/mol. The summed E-state index contributed by atoms with van der Waals surface area (Å²) < 4.78 is 7.12. The fourth-order valence-corrected chi connectivity index (χ4v) is 2.05. The number of benzene rings is 1. The molecule has 3 aromatic rings. The molecule has 106 valence electrons. The number of hydrogen-bond donors (Lipinski definition) is 1. The van der Waals surface area contributed by atoms with Crippen LogP contribution in [0.3, 0.4) is 0 Å². The monoisotopic (exact) mass is 282 g/mol. The van der Waals surface area contributed by atoms with Gasteiger partial charge in [0.25, 0.3) is 0 Å². The van der Waals surface area contributed by atoms with Crippen LogP contribution in [0.2, 0.25) is 0 Å². The van der Waals surface area contributed by atoms with E-state index in [1.807, 2.05) is 35.9 Å². The molecule has 5 heteroatoms. The first-order valence-electron chi connectivity index (χ1n) is 6.52. The van der Waals surface area contributed by atoms with Crippen molar-refractivity contribution in [3.05, 3.63) is 65.6 Å². The summed E-state index contributed by atoms with van der Waals surface area (Å²) >= 11 is 0. The topological polar surface area (TPSA) is 63.8 Å². The number of carbonyl (C=O) groups is 1. The second-order valence-corrected chi connectivity index (χ2v) is 4.83. The van der Waals surface area contributed by atoms with Gasteiger partial charge in [0.1, 0.15) is 18.0 Å². The molecule has 21 heavy (non-hydrogen) atoms. The minimum atomic E-state index is -0.441. The minimum Gasteiger partial charge on any atom is -0.508 e. The molecule has 1 aromatic carbocycles. The van der Waals surface area contributed by atoms with Gasteiger partial charge < -0.3 is 14.2 Å². The van der Waals surface area contributed by atoms with Crippen LogP contribution < -0.4 is 0 Å². The van der Waals surface area contributed by atoms with Crippen molar-refractivity contribution in [1.29, 1.82) is 0 Å². The minimum absolute atomic E-state index is 0.112. The molecule has 0 saturated heterocycles. The Kier molecular flexibility index (Phi) is 3.31. The number of hydrogen-bond acceptors (Lipinski definition) is 4. The van der Waals surface area contributed by atoms with Crippen molar-refractivity contribution in [3.8, 4) is 5.75 Å². The number of esters is 1. The largest absolute Gasteiger partial charge is 0.508 e. The van der Waals surface area contributed by atoms with Crippen molar-refractivity contribution in [3.63, 3.8) is 0 Å². The van der Waals surface area contributed by atoms with E-state index in [0.29, 0.717) is 11.3 Å². The van der Waals surface area contributed by atoms with Crippen LogP contribution in [0, 0.1) is 6.92 Å². The van der Waals surface area contributed by atoms with Crippen LogP contribution in [-0.2, 0) is 11.3 Å². The molecule has 5 nitrogen and oxygen atoms in total. The lowest BCUT2D eigenvalue weighted by Crippen LogP contribution is -2.05. The highest BCUT2D eigenvalue weighted by Crippen LogP contribution is 2.12. The van der Waals surface area contributed by atoms with Crippen molar-refractivity contribution < 1.29 is 14.6 Å². The molecule has 0 aliphatic carbocycles. The molecule has 0 fully saturated rings. The van der Waals surface area contributed by atoms with Gasteiger partial charge in [-0.3, -0.25) is 0 Å². The molecule has 0 spiro atoms. The maximum Gasteiger partial charge on any atom is 0.338 e. The van der Waals surface area contributed by atoms with Crippen molar-refractivity contribution in [1.82, 2.24) is 9.38 Å². The number of aryl methyl sites for hydroxylation is 1. The first-order valence-corrected chi connectivity index (χ1v) is 6.52. The van der Waals surface area contributed by atoms with Crippen LogP contribution in [0.25, 0.3) is 5.65 Å². The highest BCUT2D eigenvalue weighted by molar-refractivity contribution is 5.89. The van der Waals surface area contributed by atoms with Crippen LogP contribution in [0.15, 0.2) is 48.8 Å². The Labute approximate surface area is 121 Å². The molecule has 0 aliphatic heterocycles. The molecule has 0 bridgehead atoms. The van der Waals surface area contributed by atoms with Crippen LogP contribution in [-0.4, -0.2) is 20.5 Å². The molecule has 0 saturated carbocycles. The number of fused-ring (bicyclic) bond motifs is 1. The third-order valence-electron chi connectivity index (χ3n) is 3.10. The number of phenols is 1. The Morgan fingerprint density at radius 2 is 1.95 bits per heavy atom. The summed E-state index contributed by atoms with van der Waals surface area (Å²) in [6.07, 6.45) is 3.81. The van der Waals surface area contributed by atoms with Gasteiger partial charge >= 0.3 is 5.97 Å². The molecule has 2 aromatic heterocycles. The van der Waals surface area contributed by atoms with Gasteiger partial charge in [0.15, 0.2) is 0 Å². The van der Waals surface area contributed by atoms with Gasteiger partial charge in [0.2, 0.25) is 0 Å². The summed E-state index contributed by atoms with van der Waals surface area (Å²) in [7, 11) is 0. The van der Waals surface area contributed by atoms with Gasteiger partial charge in [-0.1, -0.05) is 6.07 Å². The van der Waals surface area contributed by atoms with Crippen molar-refractivity contribution in [2.45, 2.75) is 13.5 Å². The van der Waals surface area contributed by atoms with Gasteiger partial charge in [0.05, 0.1) is 11.3 Å². The van der Waals surface area contributed by atoms with Crippen LogP contribution in [0.5, 0.6) is 5.75 Å². The summed E-state index contributed by atoms with van der Waals surface area (Å²) in [5, 5.41) is 9.18. The second-order valence-electron chi connectivity index (χ2n) is 4.83. The number of pyridine rings is 1. The number of nitrogens with zero attached hydrogens (tertiary/aromatic N) is 2. The van der Waals surface area contributed by atoms with E-state index in [1.165, 1.54) is 24.3 Å². The predicted octanol–water partition coefficient (Wildman–Crippen LogP) is 2.71. The van der Waals surface area contributed by atoms with Gasteiger partial charge in [0, 0.05) is 12.4 Å². The molecule has 0 unspecified atom stereocenters. The summed E-state index contributed by atoms with van der Waals surface area (Å²) in [5.41, 5.74) is 3.03. The molecule has 0 radical (unpaired) electrons. The first-order chi connectivity index (χ1) is 10.1. The number of aromatic nitrogens is 2. The average Bonchev–Trinajstić information content (AvgIpc) is 2.87. The second kappa shape index (κ2) is 5.28. The van der Waals surface area contributed by atoms with Gasteiger partial charge in [-0.25, -0.2) is 9.78 Å². The van der Waals surface area contributed by atoms with E-state index in [4.69, 9.17) is 4.74 Å². The van der Waals surface area contributed by atoms with E-state index in [9.17, 15) is 9.90 Å². The number of rotatable bonds is 3. The Hall–Kier alpha value is -2.82. The lowest BCUT2D eigenvalue weighted by atomic mass is 10.2. The van der Waals surface area contributed by atoms with E-state index < -0.39 is 5.97 Å². The molecule has 0 amide bonds. The Bertz CT molecular complexity index is 791. The van der Waals surface area contributed by atoms with Crippen molar-refractivity contribution in [2.24, 2.45) is 0 Å². The highest BCUT2D eigenvalue weighted by atomic mass is 16.5. The lowest BCUT2D eigenvalue weighted by Gasteiger charge is -2.02. The maximum atomic E-state index is 11.9. The van der Waals surface area contributed by atoms with Crippen molar-refractivity contribution in [2.75, 3.05) is 0 Å². The summed E-state index contributed by atoms with van der Waals surface area (Å²) in [6, 6.07) is 9.83. The zero-order valence-electron chi connectivity index (χ0n) is 11.5. The van der Waals surface area contributed by atoms with Gasteiger partial charge in [-0.15, -0.1) is 0 Å². The van der Waals surface area contributed by atoms with Gasteiger partial charge in [-0.2, -0.15) is 0 Å². The van der Waals surface area contributed by atoms with E-state index in [0.717, 1.165) is 11.2 Å². The highest BCUT2D eigenvalue weighted by Gasteiger charge is 2.09. The number of carbonyl (C=O) groups excluding carboxylic acids is 1. The smallest absolute Gasteiger partial charge is 0.338 e. The van der Waals surface area contributed by atoms with Crippen molar-refractivity contribution >= 4 is 11.6 Å². The number of phenolic OH excluding ortho intramolecular Hbond substituents is 1. The molecule has 0 atom stereocenters. The molecule has 0 aliphatic rings. The third-order valence-corrected chi connectivity index (χ3v) is 3.10. The molecular weight excluding hydrogens is 268 g/mol. The van der Waals surface area contributed by atoms with Crippen LogP contribution in [0.1, 0.15) is 21.6 Å². The molecule has 1 N–H and O–H groups in total. The molecular formula is C16H14N2O3. The summed E-state index contributed by atoms with van der Waals surface area (Å²) in [6.45, 7) is 2.12. The fourth-order valence-electron chi connectivity index (χ4n) is 2.05. The Morgan fingerprint density at radius 1 is 1.19 bits per heavy atom. The molecule has 3 rings (SSSR count).